The Morgan fingerprint density at radius 2 is 1.69 bits per heavy atom. The van der Waals surface area contributed by atoms with E-state index >= 15 is 4.79 Å². The molecule has 0 aromatic carbocycles. The zero-order valence-electron chi connectivity index (χ0n) is 41.2. The minimum absolute atomic E-state index is 0.00812. The van der Waals surface area contributed by atoms with E-state index in [1.807, 2.05) is 40.2 Å². The SMILES string of the molecule is C[C@H](O)NC(N)=NC[C@H]1C[C@]2(C)[C@@H]3C[C@H](CSSC[C@H](n4ccnc4)CC(C)(C)C4=C5CCCC[C@@H]5C5=C6[C@@H](CCC5)C[C@@H]3[C@H](O)[C@H]64)[C@@]2(O)C2=CC(=O)[C@@H]3C[C@@H](O)[C@@H](O)C[C@]3(C3CCCCC3)[C@H]21. The summed E-state index contributed by atoms with van der Waals surface area (Å²) in [5.74, 6) is 1.60. The minimum Gasteiger partial charge on any atom is -0.392 e. The van der Waals surface area contributed by atoms with Gasteiger partial charge in [-0.1, -0.05) is 90.3 Å². The lowest BCUT2D eigenvalue weighted by Gasteiger charge is -2.66. The second kappa shape index (κ2) is 18.1. The highest BCUT2D eigenvalue weighted by atomic mass is 33.1. The first kappa shape index (κ1) is 48.2. The molecular weight excluding hydrogens is 891 g/mol. The second-order valence-corrected chi connectivity index (χ2v) is 27.3. The van der Waals surface area contributed by atoms with Crippen molar-refractivity contribution in [2.75, 3.05) is 18.1 Å². The topological polar surface area (TPSA) is 186 Å². The van der Waals surface area contributed by atoms with Crippen LogP contribution >= 0.6 is 21.6 Å². The first-order valence-corrected chi connectivity index (χ1v) is 29.5. The van der Waals surface area contributed by atoms with Crippen LogP contribution in [0.15, 0.2) is 57.7 Å². The number of nitrogens with two attached hydrogens (primary N) is 1. The molecule has 1 aliphatic heterocycles. The van der Waals surface area contributed by atoms with Crippen molar-refractivity contribution in [2.24, 2.45) is 86.2 Å². The molecule has 0 spiro atoms. The number of nitrogens with one attached hydrogen (secondary N) is 1. The number of hydrogen-bond donors (Lipinski definition) is 7. The third kappa shape index (κ3) is 7.47. The summed E-state index contributed by atoms with van der Waals surface area (Å²) in [5.41, 5.74) is 10.8. The van der Waals surface area contributed by atoms with Crippen LogP contribution in [0.3, 0.4) is 0 Å². The lowest BCUT2D eigenvalue weighted by atomic mass is 9.39. The number of fused-ring (bicyclic) bond motifs is 13. The molecule has 11 rings (SSSR count). The number of aliphatic hydroxyl groups is 5. The molecule has 10 aliphatic rings. The Kier molecular flexibility index (Phi) is 12.8. The fraction of sp³-hybridized carbons (Fsp3) is 0.800. The quantitative estimate of drug-likeness (QED) is 0.0495. The molecule has 68 heavy (non-hydrogen) atoms. The van der Waals surface area contributed by atoms with E-state index in [4.69, 9.17) is 10.7 Å². The number of allylic oxidation sites excluding steroid dienone is 3. The van der Waals surface area contributed by atoms with E-state index in [1.54, 1.807) is 23.6 Å². The zero-order chi connectivity index (χ0) is 47.5. The molecule has 17 atom stereocenters. The van der Waals surface area contributed by atoms with Gasteiger partial charge >= 0.3 is 0 Å². The van der Waals surface area contributed by atoms with Crippen molar-refractivity contribution < 1.29 is 30.3 Å². The van der Waals surface area contributed by atoms with E-state index < -0.39 is 46.9 Å². The van der Waals surface area contributed by atoms with Crippen LogP contribution in [0.4, 0.5) is 0 Å². The Labute approximate surface area is 412 Å². The van der Waals surface area contributed by atoms with Crippen LogP contribution in [-0.4, -0.2) is 95.0 Å². The van der Waals surface area contributed by atoms with Gasteiger partial charge in [-0.3, -0.25) is 9.79 Å². The maximum absolute atomic E-state index is 15.3. The number of nitrogens with zero attached hydrogens (tertiary/aromatic N) is 3. The summed E-state index contributed by atoms with van der Waals surface area (Å²) < 4.78 is 2.31. The summed E-state index contributed by atoms with van der Waals surface area (Å²) in [5, 5.41) is 64.9. The smallest absolute Gasteiger partial charge is 0.190 e. The summed E-state index contributed by atoms with van der Waals surface area (Å²) in [6, 6.07) is 0.192. The monoisotopic (exact) mass is 972 g/mol. The van der Waals surface area contributed by atoms with Gasteiger partial charge in [-0.25, -0.2) is 4.98 Å². The number of carbonyl (C=O) groups is 1. The van der Waals surface area contributed by atoms with Gasteiger partial charge in [0.2, 0.25) is 0 Å². The van der Waals surface area contributed by atoms with Crippen LogP contribution in [0.1, 0.15) is 149 Å². The van der Waals surface area contributed by atoms with Crippen molar-refractivity contribution in [1.29, 1.82) is 0 Å². The third-order valence-electron chi connectivity index (χ3n) is 21.0. The van der Waals surface area contributed by atoms with Gasteiger partial charge in [0.25, 0.3) is 0 Å². The Morgan fingerprint density at radius 3 is 2.46 bits per heavy atom. The van der Waals surface area contributed by atoms with Crippen LogP contribution in [0, 0.1) is 75.4 Å². The first-order valence-electron chi connectivity index (χ1n) is 27.0. The van der Waals surface area contributed by atoms with Crippen molar-refractivity contribution in [3.05, 3.63) is 52.7 Å². The van der Waals surface area contributed by atoms with Crippen molar-refractivity contribution in [3.8, 4) is 0 Å². The van der Waals surface area contributed by atoms with E-state index in [1.165, 1.54) is 31.3 Å². The molecule has 1 aromatic rings. The molecule has 7 fully saturated rings. The molecular formula is C55H81N5O6S2. The number of aliphatic hydroxyl groups excluding tert-OH is 4. The molecule has 1 saturated heterocycles. The van der Waals surface area contributed by atoms with E-state index in [0.717, 1.165) is 82.0 Å². The molecule has 0 unspecified atom stereocenters. The molecule has 1 aromatic heterocycles. The number of carbonyl (C=O) groups excluding carboxylic acids is 1. The van der Waals surface area contributed by atoms with Crippen LogP contribution < -0.4 is 11.1 Å². The Morgan fingerprint density at radius 1 is 0.926 bits per heavy atom. The van der Waals surface area contributed by atoms with Crippen molar-refractivity contribution >= 4 is 33.3 Å². The summed E-state index contributed by atoms with van der Waals surface area (Å²) in [7, 11) is 3.77. The number of rotatable bonds is 5. The maximum atomic E-state index is 15.3. The fourth-order valence-corrected chi connectivity index (χ4v) is 21.5. The summed E-state index contributed by atoms with van der Waals surface area (Å²) in [4.78, 5) is 24.8. The normalized spacial score (nSPS) is 45.5. The third-order valence-corrected chi connectivity index (χ3v) is 23.6. The van der Waals surface area contributed by atoms with Gasteiger partial charge in [-0.2, -0.15) is 0 Å². The van der Waals surface area contributed by atoms with Gasteiger partial charge in [-0.05, 0) is 155 Å². The molecule has 0 radical (unpaired) electrons. The predicted molar refractivity (Wildman–Crippen MR) is 270 cm³/mol. The standard InChI is InChI=1S/C55H81N5O6S2/c1-30(61)59-51(56)58-26-32-23-53(4)40-20-34(55(53,66)42-22-43(62)41-21-44(63)45(64)25-54(41,48(32)42)33-12-6-5-7-13-33)27-67-68-28-35(60-18-17-57-29-60)24-52(2,3)49-38-15-9-8-14-36(38)37-16-10-11-31-19-39(40)50(65)47(49)46(31)37/h17-18,22,29-36,39-41,44-45,47-48,50,61,63-66H,5-16,19-21,23-28H2,1-4H3,(H3,56,58,59)/t30-,31-,32+,34+,35+,36+,39-,40+,41-,44+,45-,47+,48-,50-,53+,54+,55+/m0/s1. The Bertz CT molecular complexity index is 2220. The maximum Gasteiger partial charge on any atom is 0.190 e. The largest absolute Gasteiger partial charge is 0.392 e. The van der Waals surface area contributed by atoms with Gasteiger partial charge in [0, 0.05) is 65.6 Å². The predicted octanol–water partition coefficient (Wildman–Crippen LogP) is 8.29. The summed E-state index contributed by atoms with van der Waals surface area (Å²) in [6.45, 7) is 9.25. The summed E-state index contributed by atoms with van der Waals surface area (Å²) >= 11 is 0. The van der Waals surface area contributed by atoms with Crippen LogP contribution in [-0.2, 0) is 4.79 Å². The van der Waals surface area contributed by atoms with E-state index in [9.17, 15) is 25.5 Å². The highest BCUT2D eigenvalue weighted by molar-refractivity contribution is 8.76. The molecule has 11 nitrogen and oxygen atoms in total. The number of aromatic nitrogens is 2. The van der Waals surface area contributed by atoms with Gasteiger partial charge in [0.05, 0.1) is 30.2 Å². The van der Waals surface area contributed by atoms with E-state index in [2.05, 4.69) is 41.8 Å². The van der Waals surface area contributed by atoms with Gasteiger partial charge in [-0.15, -0.1) is 0 Å². The van der Waals surface area contributed by atoms with Gasteiger partial charge < -0.3 is 41.2 Å². The van der Waals surface area contributed by atoms with E-state index in [-0.39, 0.29) is 71.0 Å². The lowest BCUT2D eigenvalue weighted by Crippen LogP contribution is -2.67. The van der Waals surface area contributed by atoms with Crippen molar-refractivity contribution in [2.45, 2.75) is 179 Å². The first-order chi connectivity index (χ1) is 32.6. The zero-order valence-corrected chi connectivity index (χ0v) is 42.8. The highest BCUT2D eigenvalue weighted by Crippen LogP contribution is 2.75. The second-order valence-electron chi connectivity index (χ2n) is 24.8. The van der Waals surface area contributed by atoms with Crippen molar-refractivity contribution in [3.63, 3.8) is 0 Å². The molecule has 0 amide bonds. The van der Waals surface area contributed by atoms with Crippen LogP contribution in [0.5, 0.6) is 0 Å². The number of imidazole rings is 1. The number of guanidine groups is 1. The Hall–Kier alpha value is -2.13. The lowest BCUT2D eigenvalue weighted by molar-refractivity contribution is -0.189. The fourth-order valence-electron chi connectivity index (χ4n) is 18.8. The number of ketones is 1. The number of hydrogen-bond acceptors (Lipinski definition) is 10. The van der Waals surface area contributed by atoms with Gasteiger partial charge in [0.15, 0.2) is 11.7 Å². The number of aliphatic imine (C=N–C) groups is 1. The van der Waals surface area contributed by atoms with Gasteiger partial charge in [0.1, 0.15) is 6.23 Å². The average molecular weight is 972 g/mol. The van der Waals surface area contributed by atoms with Crippen molar-refractivity contribution in [1.82, 2.24) is 14.9 Å². The average Bonchev–Trinajstić information content (AvgIpc) is 3.93. The van der Waals surface area contributed by atoms with E-state index in [0.29, 0.717) is 37.0 Å². The molecule has 2 heterocycles. The van der Waals surface area contributed by atoms with Crippen LogP contribution in [0.25, 0.3) is 0 Å². The highest BCUT2D eigenvalue weighted by Gasteiger charge is 2.74. The minimum atomic E-state index is -1.36. The molecule has 6 saturated carbocycles. The Balaban J connectivity index is 1.09. The molecule has 9 aliphatic carbocycles. The molecule has 8 N–H and O–H groups in total. The molecule has 374 valence electrons. The molecule has 13 heteroatoms. The molecule has 4 bridgehead atoms. The van der Waals surface area contributed by atoms with Crippen LogP contribution in [0.2, 0.25) is 0 Å². The summed E-state index contributed by atoms with van der Waals surface area (Å²) in [6.07, 6.45) is 21.6.